The summed E-state index contributed by atoms with van der Waals surface area (Å²) < 4.78 is 0. The highest BCUT2D eigenvalue weighted by Crippen LogP contribution is 2.65. The van der Waals surface area contributed by atoms with Gasteiger partial charge in [0.2, 0.25) is 0 Å². The molecule has 0 bridgehead atoms. The summed E-state index contributed by atoms with van der Waals surface area (Å²) in [6.45, 7) is 5.02. The Balaban J connectivity index is 1.70. The highest BCUT2D eigenvalue weighted by atomic mass is 16.1. The molecule has 6 atom stereocenters. The Labute approximate surface area is 123 Å². The van der Waals surface area contributed by atoms with Crippen LogP contribution in [0, 0.1) is 34.5 Å². The van der Waals surface area contributed by atoms with Gasteiger partial charge in [-0.1, -0.05) is 33.1 Å². The fraction of sp³-hybridized carbons (Fsp3) is 0.947. The SMILES string of the molecule is C[C@@]12CCC[C@H]1[C@@H]1CC(=O)C3CCCC[C@]3(C)[C@H]1CC2. The number of ketones is 1. The molecule has 1 unspecified atom stereocenters. The molecule has 4 rings (SSSR count). The van der Waals surface area contributed by atoms with Crippen LogP contribution in [-0.4, -0.2) is 5.78 Å². The second kappa shape index (κ2) is 4.34. The minimum atomic E-state index is 0.363. The van der Waals surface area contributed by atoms with E-state index in [1.54, 1.807) is 0 Å². The number of Topliss-reactive ketones (excluding diaryl/α,β-unsaturated/α-hetero) is 1. The van der Waals surface area contributed by atoms with E-state index in [9.17, 15) is 4.79 Å². The maximum atomic E-state index is 12.8. The van der Waals surface area contributed by atoms with Gasteiger partial charge in [-0.15, -0.1) is 0 Å². The van der Waals surface area contributed by atoms with Crippen molar-refractivity contribution >= 4 is 5.78 Å². The fourth-order valence-corrected chi connectivity index (χ4v) is 7.09. The molecule has 20 heavy (non-hydrogen) atoms. The number of carbonyl (C=O) groups excluding carboxylic acids is 1. The molecule has 0 saturated heterocycles. The Kier molecular flexibility index (Phi) is 2.89. The summed E-state index contributed by atoms with van der Waals surface area (Å²) in [6, 6.07) is 0. The second-order valence-electron chi connectivity index (χ2n) is 8.94. The summed E-state index contributed by atoms with van der Waals surface area (Å²) in [4.78, 5) is 12.8. The highest BCUT2D eigenvalue weighted by molar-refractivity contribution is 5.83. The lowest BCUT2D eigenvalue weighted by molar-refractivity contribution is -0.152. The van der Waals surface area contributed by atoms with E-state index in [1.807, 2.05) is 0 Å². The van der Waals surface area contributed by atoms with Gasteiger partial charge in [0.25, 0.3) is 0 Å². The van der Waals surface area contributed by atoms with Crippen LogP contribution in [-0.2, 0) is 4.79 Å². The Morgan fingerprint density at radius 3 is 2.60 bits per heavy atom. The number of rotatable bonds is 0. The lowest BCUT2D eigenvalue weighted by Gasteiger charge is -2.59. The van der Waals surface area contributed by atoms with Crippen LogP contribution >= 0.6 is 0 Å². The van der Waals surface area contributed by atoms with E-state index in [1.165, 1.54) is 57.8 Å². The maximum Gasteiger partial charge on any atom is 0.136 e. The van der Waals surface area contributed by atoms with Crippen LogP contribution in [0.25, 0.3) is 0 Å². The molecule has 112 valence electrons. The van der Waals surface area contributed by atoms with Gasteiger partial charge in [-0.25, -0.2) is 0 Å². The summed E-state index contributed by atoms with van der Waals surface area (Å²) in [6.07, 6.45) is 13.2. The first-order valence-electron chi connectivity index (χ1n) is 9.07. The average Bonchev–Trinajstić information content (AvgIpc) is 2.81. The largest absolute Gasteiger partial charge is 0.299 e. The quantitative estimate of drug-likeness (QED) is 0.608. The molecule has 1 heteroatoms. The zero-order valence-corrected chi connectivity index (χ0v) is 13.3. The molecule has 4 aliphatic carbocycles. The molecule has 4 aliphatic rings. The van der Waals surface area contributed by atoms with Gasteiger partial charge >= 0.3 is 0 Å². The smallest absolute Gasteiger partial charge is 0.136 e. The summed E-state index contributed by atoms with van der Waals surface area (Å²) in [5.74, 6) is 3.53. The molecule has 0 N–H and O–H groups in total. The minimum Gasteiger partial charge on any atom is -0.299 e. The first-order chi connectivity index (χ1) is 9.55. The molecule has 0 aromatic heterocycles. The van der Waals surface area contributed by atoms with Crippen LogP contribution in [0.1, 0.15) is 78.1 Å². The third kappa shape index (κ3) is 1.64. The van der Waals surface area contributed by atoms with Gasteiger partial charge in [0.05, 0.1) is 0 Å². The predicted molar refractivity (Wildman–Crippen MR) is 81.4 cm³/mol. The van der Waals surface area contributed by atoms with E-state index < -0.39 is 0 Å². The Morgan fingerprint density at radius 1 is 0.900 bits per heavy atom. The van der Waals surface area contributed by atoms with Crippen molar-refractivity contribution in [3.63, 3.8) is 0 Å². The molecule has 0 spiro atoms. The van der Waals surface area contributed by atoms with Gasteiger partial charge in [0.1, 0.15) is 5.78 Å². The first-order valence-corrected chi connectivity index (χ1v) is 9.07. The number of carbonyl (C=O) groups is 1. The molecular weight excluding hydrogens is 244 g/mol. The van der Waals surface area contributed by atoms with Crippen molar-refractivity contribution in [3.05, 3.63) is 0 Å². The molecule has 4 fully saturated rings. The molecule has 0 aromatic carbocycles. The molecule has 1 nitrogen and oxygen atoms in total. The van der Waals surface area contributed by atoms with Crippen LogP contribution in [0.3, 0.4) is 0 Å². The molecule has 0 aliphatic heterocycles. The topological polar surface area (TPSA) is 17.1 Å². The molecular formula is C19H30O. The third-order valence-electron chi connectivity index (χ3n) is 8.15. The molecule has 0 aromatic rings. The van der Waals surface area contributed by atoms with E-state index >= 15 is 0 Å². The molecule has 0 amide bonds. The van der Waals surface area contributed by atoms with Gasteiger partial charge in [0.15, 0.2) is 0 Å². The third-order valence-corrected chi connectivity index (χ3v) is 8.15. The van der Waals surface area contributed by atoms with Crippen molar-refractivity contribution in [1.29, 1.82) is 0 Å². The normalized spacial score (nSPS) is 55.0. The van der Waals surface area contributed by atoms with Gasteiger partial charge in [-0.05, 0) is 67.1 Å². The second-order valence-corrected chi connectivity index (χ2v) is 8.94. The van der Waals surface area contributed by atoms with Gasteiger partial charge in [0, 0.05) is 12.3 Å². The summed E-state index contributed by atoms with van der Waals surface area (Å²) >= 11 is 0. The first kappa shape index (κ1) is 13.3. The monoisotopic (exact) mass is 274 g/mol. The van der Waals surface area contributed by atoms with E-state index in [-0.39, 0.29) is 0 Å². The lowest BCUT2D eigenvalue weighted by atomic mass is 9.45. The Morgan fingerprint density at radius 2 is 1.75 bits per heavy atom. The van der Waals surface area contributed by atoms with E-state index in [0.29, 0.717) is 22.5 Å². The van der Waals surface area contributed by atoms with E-state index in [2.05, 4.69) is 13.8 Å². The van der Waals surface area contributed by atoms with Crippen molar-refractivity contribution in [2.75, 3.05) is 0 Å². The number of hydrogen-bond donors (Lipinski definition) is 0. The Bertz CT molecular complexity index is 427. The van der Waals surface area contributed by atoms with Crippen LogP contribution < -0.4 is 0 Å². The zero-order chi connectivity index (χ0) is 14.0. The standard InChI is InChI=1S/C19H30O/c1-18-9-5-7-14(18)13-12-17(20)16-6-3-4-10-19(16,2)15(13)8-11-18/h13-16H,3-12H2,1-2H3/t13-,14-,15-,16?,18-,19+/m0/s1. The van der Waals surface area contributed by atoms with Crippen molar-refractivity contribution < 1.29 is 4.79 Å². The number of hydrogen-bond acceptors (Lipinski definition) is 1. The number of fused-ring (bicyclic) bond motifs is 5. The van der Waals surface area contributed by atoms with Crippen LogP contribution in [0.2, 0.25) is 0 Å². The lowest BCUT2D eigenvalue weighted by Crippen LogP contribution is -2.55. The van der Waals surface area contributed by atoms with Crippen molar-refractivity contribution in [1.82, 2.24) is 0 Å². The van der Waals surface area contributed by atoms with Crippen LogP contribution in [0.4, 0.5) is 0 Å². The molecule has 4 saturated carbocycles. The predicted octanol–water partition coefficient (Wildman–Crippen LogP) is 4.99. The highest BCUT2D eigenvalue weighted by Gasteiger charge is 2.59. The minimum absolute atomic E-state index is 0.363. The van der Waals surface area contributed by atoms with Crippen LogP contribution in [0.5, 0.6) is 0 Å². The van der Waals surface area contributed by atoms with Crippen molar-refractivity contribution in [3.8, 4) is 0 Å². The van der Waals surface area contributed by atoms with Gasteiger partial charge in [-0.3, -0.25) is 4.79 Å². The van der Waals surface area contributed by atoms with Crippen molar-refractivity contribution in [2.45, 2.75) is 78.1 Å². The maximum absolute atomic E-state index is 12.8. The zero-order valence-electron chi connectivity index (χ0n) is 13.3. The molecule has 0 radical (unpaired) electrons. The van der Waals surface area contributed by atoms with E-state index in [0.717, 1.165) is 24.2 Å². The van der Waals surface area contributed by atoms with E-state index in [4.69, 9.17) is 0 Å². The average molecular weight is 274 g/mol. The molecule has 0 heterocycles. The van der Waals surface area contributed by atoms with Crippen molar-refractivity contribution in [2.24, 2.45) is 34.5 Å². The van der Waals surface area contributed by atoms with Gasteiger partial charge < -0.3 is 0 Å². The van der Waals surface area contributed by atoms with Gasteiger partial charge in [-0.2, -0.15) is 0 Å². The Hall–Kier alpha value is -0.330. The summed E-state index contributed by atoms with van der Waals surface area (Å²) in [5.41, 5.74) is 0.946. The fourth-order valence-electron chi connectivity index (χ4n) is 7.09. The van der Waals surface area contributed by atoms with Crippen LogP contribution in [0.15, 0.2) is 0 Å². The summed E-state index contributed by atoms with van der Waals surface area (Å²) in [7, 11) is 0. The summed E-state index contributed by atoms with van der Waals surface area (Å²) in [5, 5.41) is 0.